The maximum absolute atomic E-state index is 13.0. The Labute approximate surface area is 124 Å². The number of pyridine rings is 1. The summed E-state index contributed by atoms with van der Waals surface area (Å²) in [6.07, 6.45) is 6.38. The smallest absolute Gasteiger partial charge is 0.124 e. The maximum atomic E-state index is 13.0. The van der Waals surface area contributed by atoms with Crippen molar-refractivity contribution in [2.75, 3.05) is 7.05 Å². The first-order valence-electron chi connectivity index (χ1n) is 6.69. The largest absolute Gasteiger partial charge is 0.317 e. The van der Waals surface area contributed by atoms with E-state index in [0.29, 0.717) is 11.1 Å². The van der Waals surface area contributed by atoms with E-state index in [2.05, 4.69) is 10.3 Å². The van der Waals surface area contributed by atoms with Gasteiger partial charge < -0.3 is 5.32 Å². The topological polar surface area (TPSA) is 24.9 Å². The van der Waals surface area contributed by atoms with Crippen LogP contribution in [-0.4, -0.2) is 18.1 Å². The van der Waals surface area contributed by atoms with Crippen LogP contribution in [0.25, 0.3) is 0 Å². The van der Waals surface area contributed by atoms with Gasteiger partial charge in [0.2, 0.25) is 0 Å². The first kappa shape index (κ1) is 14.9. The Morgan fingerprint density at radius 3 is 2.65 bits per heavy atom. The molecule has 1 heterocycles. The van der Waals surface area contributed by atoms with Gasteiger partial charge in [-0.15, -0.1) is 0 Å². The lowest BCUT2D eigenvalue weighted by Gasteiger charge is -2.17. The zero-order valence-electron chi connectivity index (χ0n) is 11.4. The van der Waals surface area contributed by atoms with Gasteiger partial charge in [-0.3, -0.25) is 4.98 Å². The summed E-state index contributed by atoms with van der Waals surface area (Å²) in [7, 11) is 1.94. The van der Waals surface area contributed by atoms with Crippen LogP contribution in [0.15, 0.2) is 42.7 Å². The molecule has 20 heavy (non-hydrogen) atoms. The Hall–Kier alpha value is -1.45. The van der Waals surface area contributed by atoms with E-state index in [1.54, 1.807) is 18.5 Å². The zero-order chi connectivity index (χ0) is 14.4. The van der Waals surface area contributed by atoms with Crippen molar-refractivity contribution in [3.8, 4) is 0 Å². The van der Waals surface area contributed by atoms with E-state index in [0.717, 1.165) is 24.8 Å². The van der Waals surface area contributed by atoms with Crippen LogP contribution in [0.1, 0.15) is 17.5 Å². The van der Waals surface area contributed by atoms with Gasteiger partial charge >= 0.3 is 0 Å². The summed E-state index contributed by atoms with van der Waals surface area (Å²) in [4.78, 5) is 4.01. The molecule has 1 aromatic carbocycles. The van der Waals surface area contributed by atoms with E-state index in [1.807, 2.05) is 19.2 Å². The number of nitrogens with zero attached hydrogens (tertiary/aromatic N) is 1. The average molecular weight is 293 g/mol. The highest BCUT2D eigenvalue weighted by atomic mass is 35.5. The van der Waals surface area contributed by atoms with Crippen LogP contribution in [0.2, 0.25) is 5.02 Å². The van der Waals surface area contributed by atoms with Gasteiger partial charge in [0, 0.05) is 23.5 Å². The molecule has 0 amide bonds. The van der Waals surface area contributed by atoms with Gasteiger partial charge in [0.05, 0.1) is 0 Å². The third-order valence-corrected chi connectivity index (χ3v) is 3.77. The molecule has 106 valence electrons. The highest BCUT2D eigenvalue weighted by molar-refractivity contribution is 6.31. The molecule has 0 spiro atoms. The number of hydrogen-bond acceptors (Lipinski definition) is 2. The predicted octanol–water partition coefficient (Wildman–Crippen LogP) is 3.64. The second-order valence-electron chi connectivity index (χ2n) is 4.82. The summed E-state index contributed by atoms with van der Waals surface area (Å²) in [5.41, 5.74) is 2.24. The molecule has 0 radical (unpaired) electrons. The molecule has 0 aliphatic carbocycles. The third-order valence-electron chi connectivity index (χ3n) is 3.42. The van der Waals surface area contributed by atoms with Crippen molar-refractivity contribution in [3.63, 3.8) is 0 Å². The van der Waals surface area contributed by atoms with Gasteiger partial charge in [0.15, 0.2) is 0 Å². The number of rotatable bonds is 6. The number of benzene rings is 1. The Morgan fingerprint density at radius 2 is 2.00 bits per heavy atom. The molecule has 1 unspecified atom stereocenters. The van der Waals surface area contributed by atoms with Crippen LogP contribution in [0.5, 0.6) is 0 Å². The fraction of sp³-hybridized carbons (Fsp3) is 0.312. The molecule has 0 fully saturated rings. The van der Waals surface area contributed by atoms with E-state index >= 15 is 0 Å². The molecule has 1 atom stereocenters. The molecule has 2 rings (SSSR count). The summed E-state index contributed by atoms with van der Waals surface area (Å²) >= 11 is 6.07. The number of halogens is 2. The van der Waals surface area contributed by atoms with Gasteiger partial charge in [0.1, 0.15) is 5.82 Å². The van der Waals surface area contributed by atoms with Crippen molar-refractivity contribution < 1.29 is 4.39 Å². The van der Waals surface area contributed by atoms with Crippen LogP contribution in [0.3, 0.4) is 0 Å². The highest BCUT2D eigenvalue weighted by Crippen LogP contribution is 2.20. The number of aromatic nitrogens is 1. The number of likely N-dealkylation sites (N-methyl/N-ethyl adjacent to an activating group) is 1. The lowest BCUT2D eigenvalue weighted by atomic mass is 9.99. The first-order chi connectivity index (χ1) is 9.69. The normalized spacial score (nSPS) is 12.3. The van der Waals surface area contributed by atoms with Gasteiger partial charge in [-0.1, -0.05) is 17.7 Å². The molecule has 0 saturated heterocycles. The van der Waals surface area contributed by atoms with Crippen molar-refractivity contribution in [2.45, 2.75) is 25.3 Å². The molecule has 0 saturated carbocycles. The summed E-state index contributed by atoms with van der Waals surface area (Å²) in [6.45, 7) is 0. The number of hydrogen-bond donors (Lipinski definition) is 1. The van der Waals surface area contributed by atoms with Crippen molar-refractivity contribution in [3.05, 3.63) is 64.7 Å². The first-order valence-corrected chi connectivity index (χ1v) is 7.07. The van der Waals surface area contributed by atoms with Crippen molar-refractivity contribution >= 4 is 11.6 Å². The fourth-order valence-corrected chi connectivity index (χ4v) is 2.44. The SMILES string of the molecule is CNC(CCc1ccncc1)Cc1ccc(F)cc1Cl. The average Bonchev–Trinajstić information content (AvgIpc) is 2.46. The second kappa shape index (κ2) is 7.36. The van der Waals surface area contributed by atoms with Crippen molar-refractivity contribution in [2.24, 2.45) is 0 Å². The number of nitrogens with one attached hydrogen (secondary N) is 1. The summed E-state index contributed by atoms with van der Waals surface area (Å²) < 4.78 is 13.0. The highest BCUT2D eigenvalue weighted by Gasteiger charge is 2.10. The molecule has 2 nitrogen and oxygen atoms in total. The molecular weight excluding hydrogens is 275 g/mol. The van der Waals surface area contributed by atoms with Gasteiger partial charge in [-0.25, -0.2) is 4.39 Å². The lowest BCUT2D eigenvalue weighted by molar-refractivity contribution is 0.519. The van der Waals surface area contributed by atoms with Crippen LogP contribution in [-0.2, 0) is 12.8 Å². The third kappa shape index (κ3) is 4.29. The van der Waals surface area contributed by atoms with Gasteiger partial charge in [0.25, 0.3) is 0 Å². The Bertz CT molecular complexity index is 545. The van der Waals surface area contributed by atoms with Gasteiger partial charge in [-0.2, -0.15) is 0 Å². The molecule has 1 aromatic heterocycles. The number of aryl methyl sites for hydroxylation is 1. The Morgan fingerprint density at radius 1 is 1.25 bits per heavy atom. The van der Waals surface area contributed by atoms with E-state index in [-0.39, 0.29) is 5.82 Å². The quantitative estimate of drug-likeness (QED) is 0.879. The second-order valence-corrected chi connectivity index (χ2v) is 5.23. The van der Waals surface area contributed by atoms with E-state index in [9.17, 15) is 4.39 Å². The predicted molar refractivity (Wildman–Crippen MR) is 80.5 cm³/mol. The fourth-order valence-electron chi connectivity index (χ4n) is 2.19. The van der Waals surface area contributed by atoms with Crippen LogP contribution in [0, 0.1) is 5.82 Å². The van der Waals surface area contributed by atoms with Gasteiger partial charge in [-0.05, 0) is 61.7 Å². The molecule has 0 aliphatic heterocycles. The van der Waals surface area contributed by atoms with E-state index in [4.69, 9.17) is 11.6 Å². The molecule has 0 aliphatic rings. The maximum Gasteiger partial charge on any atom is 0.124 e. The molecular formula is C16H18ClFN2. The van der Waals surface area contributed by atoms with E-state index in [1.165, 1.54) is 17.7 Å². The minimum Gasteiger partial charge on any atom is -0.317 e. The standard InChI is InChI=1S/C16H18ClFN2/c1-19-15(5-2-12-6-8-20-9-7-12)10-13-3-4-14(18)11-16(13)17/h3-4,6-9,11,15,19H,2,5,10H2,1H3. The van der Waals surface area contributed by atoms with Crippen LogP contribution in [0.4, 0.5) is 4.39 Å². The van der Waals surface area contributed by atoms with Crippen LogP contribution < -0.4 is 5.32 Å². The Kier molecular flexibility index (Phi) is 5.50. The summed E-state index contributed by atoms with van der Waals surface area (Å²) in [5, 5.41) is 3.79. The van der Waals surface area contributed by atoms with E-state index < -0.39 is 0 Å². The minimum absolute atomic E-state index is 0.295. The van der Waals surface area contributed by atoms with Crippen molar-refractivity contribution in [1.82, 2.24) is 10.3 Å². The monoisotopic (exact) mass is 292 g/mol. The molecule has 4 heteroatoms. The van der Waals surface area contributed by atoms with Crippen molar-refractivity contribution in [1.29, 1.82) is 0 Å². The minimum atomic E-state index is -0.295. The summed E-state index contributed by atoms with van der Waals surface area (Å²) in [6, 6.07) is 8.94. The molecule has 2 aromatic rings. The van der Waals surface area contributed by atoms with Crippen LogP contribution >= 0.6 is 11.6 Å². The lowest BCUT2D eigenvalue weighted by Crippen LogP contribution is -2.28. The molecule has 0 bridgehead atoms. The molecule has 1 N–H and O–H groups in total. The summed E-state index contributed by atoms with van der Waals surface area (Å²) in [5.74, 6) is -0.295. The zero-order valence-corrected chi connectivity index (χ0v) is 12.2. The Balaban J connectivity index is 1.95.